The second kappa shape index (κ2) is 6.06. The van der Waals surface area contributed by atoms with Crippen molar-refractivity contribution in [2.75, 3.05) is 13.6 Å². The largest absolute Gasteiger partial charge is 0.332 e. The van der Waals surface area contributed by atoms with Crippen molar-refractivity contribution in [3.05, 3.63) is 12.0 Å². The van der Waals surface area contributed by atoms with Crippen molar-refractivity contribution in [2.45, 2.75) is 56.5 Å². The molecule has 7 heteroatoms. The topological polar surface area (TPSA) is 92.1 Å². The highest BCUT2D eigenvalue weighted by Gasteiger charge is 2.43. The third-order valence-electron chi connectivity index (χ3n) is 4.98. The van der Waals surface area contributed by atoms with Gasteiger partial charge in [0.2, 0.25) is 0 Å². The Bertz CT molecular complexity index is 574. The van der Waals surface area contributed by atoms with Gasteiger partial charge in [0.25, 0.3) is 10.0 Å². The number of aromatic amines is 1. The number of aromatic nitrogens is 2. The highest BCUT2D eigenvalue weighted by molar-refractivity contribution is 7.89. The van der Waals surface area contributed by atoms with Crippen LogP contribution in [0.5, 0.6) is 0 Å². The molecule has 0 amide bonds. The quantitative estimate of drug-likeness (QED) is 0.864. The van der Waals surface area contributed by atoms with Gasteiger partial charge in [0.05, 0.1) is 6.20 Å². The van der Waals surface area contributed by atoms with Crippen molar-refractivity contribution < 1.29 is 8.42 Å². The molecule has 1 heterocycles. The summed E-state index contributed by atoms with van der Waals surface area (Å²) in [5.74, 6) is 1.29. The van der Waals surface area contributed by atoms with Crippen LogP contribution in [0.25, 0.3) is 0 Å². The Hall–Kier alpha value is -0.920. The minimum Gasteiger partial charge on any atom is -0.332 e. The van der Waals surface area contributed by atoms with Crippen LogP contribution in [0.1, 0.15) is 44.9 Å². The Balaban J connectivity index is 2.26. The van der Waals surface area contributed by atoms with Gasteiger partial charge in [-0.3, -0.25) is 0 Å². The summed E-state index contributed by atoms with van der Waals surface area (Å²) in [5, 5.41) is 0.146. The first-order chi connectivity index (χ1) is 9.85. The Morgan fingerprint density at radius 3 is 2.52 bits per heavy atom. The SMILES string of the molecule is CCC1CCC(CN)(N(C)S(=O)(=O)c2cnc(C)[nH]2)CC1. The molecule has 120 valence electrons. The van der Waals surface area contributed by atoms with Crippen molar-refractivity contribution in [1.29, 1.82) is 0 Å². The zero-order valence-electron chi connectivity index (χ0n) is 13.1. The van der Waals surface area contributed by atoms with E-state index in [0.717, 1.165) is 32.1 Å². The van der Waals surface area contributed by atoms with E-state index in [4.69, 9.17) is 5.73 Å². The fraction of sp³-hybridized carbons (Fsp3) is 0.786. The summed E-state index contributed by atoms with van der Waals surface area (Å²) < 4.78 is 27.0. The van der Waals surface area contributed by atoms with Gasteiger partial charge >= 0.3 is 0 Å². The number of nitrogens with two attached hydrogens (primary N) is 1. The predicted octanol–water partition coefficient (Wildman–Crippen LogP) is 1.64. The van der Waals surface area contributed by atoms with Crippen molar-refractivity contribution >= 4 is 10.0 Å². The van der Waals surface area contributed by atoms with Crippen LogP contribution >= 0.6 is 0 Å². The number of nitrogens with one attached hydrogen (secondary N) is 1. The summed E-state index contributed by atoms with van der Waals surface area (Å²) in [5.41, 5.74) is 5.51. The lowest BCUT2D eigenvalue weighted by molar-refractivity contribution is 0.128. The smallest absolute Gasteiger partial charge is 0.260 e. The molecule has 6 nitrogen and oxygen atoms in total. The van der Waals surface area contributed by atoms with E-state index in [1.165, 1.54) is 10.5 Å². The molecule has 0 spiro atoms. The highest BCUT2D eigenvalue weighted by atomic mass is 32.2. The summed E-state index contributed by atoms with van der Waals surface area (Å²) in [7, 11) is -1.93. The zero-order chi connectivity index (χ0) is 15.7. The molecular weight excluding hydrogens is 288 g/mol. The van der Waals surface area contributed by atoms with Gasteiger partial charge in [0, 0.05) is 19.1 Å². The highest BCUT2D eigenvalue weighted by Crippen LogP contribution is 2.38. The lowest BCUT2D eigenvalue weighted by atomic mass is 9.75. The van der Waals surface area contributed by atoms with Crippen LogP contribution in [0.4, 0.5) is 0 Å². The fourth-order valence-corrected chi connectivity index (χ4v) is 4.73. The second-order valence-corrected chi connectivity index (χ2v) is 8.02. The number of likely N-dealkylation sites (N-methyl/N-ethyl adjacent to an activating group) is 1. The maximum atomic E-state index is 12.8. The lowest BCUT2D eigenvalue weighted by Crippen LogP contribution is -2.56. The number of imidazole rings is 1. The molecule has 0 atom stereocenters. The molecular formula is C14H26N4O2S. The molecule has 21 heavy (non-hydrogen) atoms. The van der Waals surface area contributed by atoms with Gasteiger partial charge in [-0.25, -0.2) is 13.4 Å². The first-order valence-electron chi connectivity index (χ1n) is 7.56. The van der Waals surface area contributed by atoms with Crippen LogP contribution in [0.3, 0.4) is 0 Å². The van der Waals surface area contributed by atoms with E-state index in [2.05, 4.69) is 16.9 Å². The molecule has 1 aliphatic rings. The van der Waals surface area contributed by atoms with Gasteiger partial charge in [-0.2, -0.15) is 4.31 Å². The Morgan fingerprint density at radius 2 is 2.10 bits per heavy atom. The second-order valence-electron chi connectivity index (χ2n) is 6.09. The number of aryl methyl sites for hydroxylation is 1. The molecule has 1 saturated carbocycles. The van der Waals surface area contributed by atoms with Gasteiger partial charge < -0.3 is 10.7 Å². The maximum absolute atomic E-state index is 12.8. The van der Waals surface area contributed by atoms with Crippen LogP contribution in [-0.2, 0) is 10.0 Å². The molecule has 0 radical (unpaired) electrons. The molecule has 0 bridgehead atoms. The molecule has 0 saturated heterocycles. The third-order valence-corrected chi connectivity index (χ3v) is 6.85. The summed E-state index contributed by atoms with van der Waals surface area (Å²) in [4.78, 5) is 6.81. The summed E-state index contributed by atoms with van der Waals surface area (Å²) in [6.07, 6.45) is 6.25. The van der Waals surface area contributed by atoms with Crippen LogP contribution in [0, 0.1) is 12.8 Å². The van der Waals surface area contributed by atoms with Crippen LogP contribution in [0.2, 0.25) is 0 Å². The van der Waals surface area contributed by atoms with Gasteiger partial charge in [0.1, 0.15) is 5.82 Å². The fourth-order valence-electron chi connectivity index (χ4n) is 3.20. The molecule has 0 aromatic carbocycles. The lowest BCUT2D eigenvalue weighted by Gasteiger charge is -2.44. The average Bonchev–Trinajstić information content (AvgIpc) is 2.94. The van der Waals surface area contributed by atoms with E-state index in [0.29, 0.717) is 18.3 Å². The molecule has 1 aromatic heterocycles. The van der Waals surface area contributed by atoms with E-state index >= 15 is 0 Å². The number of H-pyrrole nitrogens is 1. The van der Waals surface area contributed by atoms with Gasteiger partial charge in [-0.15, -0.1) is 0 Å². The van der Waals surface area contributed by atoms with Crippen molar-refractivity contribution in [3.8, 4) is 0 Å². The third kappa shape index (κ3) is 3.00. The molecule has 3 N–H and O–H groups in total. The minimum atomic E-state index is -3.58. The average molecular weight is 314 g/mol. The van der Waals surface area contributed by atoms with Gasteiger partial charge in [0.15, 0.2) is 5.03 Å². The Morgan fingerprint density at radius 1 is 1.48 bits per heavy atom. The number of nitrogens with zero attached hydrogens (tertiary/aromatic N) is 2. The van der Waals surface area contributed by atoms with E-state index in [9.17, 15) is 8.42 Å². The molecule has 1 aromatic rings. The van der Waals surface area contributed by atoms with Crippen LogP contribution in [-0.4, -0.2) is 41.8 Å². The maximum Gasteiger partial charge on any atom is 0.260 e. The number of hydrogen-bond acceptors (Lipinski definition) is 4. The van der Waals surface area contributed by atoms with E-state index in [1.807, 2.05) is 0 Å². The monoisotopic (exact) mass is 314 g/mol. The van der Waals surface area contributed by atoms with E-state index in [-0.39, 0.29) is 5.03 Å². The zero-order valence-corrected chi connectivity index (χ0v) is 13.9. The van der Waals surface area contributed by atoms with Crippen molar-refractivity contribution in [3.63, 3.8) is 0 Å². The van der Waals surface area contributed by atoms with Crippen molar-refractivity contribution in [1.82, 2.24) is 14.3 Å². The first kappa shape index (κ1) is 16.5. The Labute approximate surface area is 127 Å². The molecule has 0 aliphatic heterocycles. The summed E-state index contributed by atoms with van der Waals surface area (Å²) in [6, 6.07) is 0. The standard InChI is InChI=1S/C14H26N4O2S/c1-4-12-5-7-14(10-15,8-6-12)18(3)21(19,20)13-9-16-11(2)17-13/h9,12H,4-8,10,15H2,1-3H3,(H,16,17). The number of hydrogen-bond donors (Lipinski definition) is 2. The van der Waals surface area contributed by atoms with Crippen LogP contribution in [0.15, 0.2) is 11.2 Å². The molecule has 0 unspecified atom stereocenters. The van der Waals surface area contributed by atoms with E-state index < -0.39 is 15.6 Å². The number of rotatable bonds is 5. The van der Waals surface area contributed by atoms with Gasteiger partial charge in [-0.1, -0.05) is 13.3 Å². The van der Waals surface area contributed by atoms with Crippen molar-refractivity contribution in [2.24, 2.45) is 11.7 Å². The summed E-state index contributed by atoms with van der Waals surface area (Å²) >= 11 is 0. The molecule has 2 rings (SSSR count). The first-order valence-corrected chi connectivity index (χ1v) is 9.00. The van der Waals surface area contributed by atoms with E-state index in [1.54, 1.807) is 14.0 Å². The Kier molecular flexibility index (Phi) is 4.75. The molecule has 1 fully saturated rings. The number of sulfonamides is 1. The van der Waals surface area contributed by atoms with Gasteiger partial charge in [-0.05, 0) is 38.5 Å². The van der Waals surface area contributed by atoms with Crippen LogP contribution < -0.4 is 5.73 Å². The summed E-state index contributed by atoms with van der Waals surface area (Å²) in [6.45, 7) is 4.28. The molecule has 1 aliphatic carbocycles. The normalized spacial score (nSPS) is 27.2. The predicted molar refractivity (Wildman–Crippen MR) is 82.3 cm³/mol. The minimum absolute atomic E-state index is 0.146.